The van der Waals surface area contributed by atoms with Crippen molar-refractivity contribution in [3.8, 4) is 0 Å². The Morgan fingerprint density at radius 2 is 1.62 bits per heavy atom. The lowest BCUT2D eigenvalue weighted by atomic mass is 10.1. The van der Waals surface area contributed by atoms with Gasteiger partial charge in [-0.1, -0.05) is 0 Å². The van der Waals surface area contributed by atoms with E-state index in [9.17, 15) is 5.21 Å². The molecule has 0 spiro atoms. The third-order valence-corrected chi connectivity index (χ3v) is 1.78. The lowest BCUT2D eigenvalue weighted by Crippen LogP contribution is -2.44. The van der Waals surface area contributed by atoms with E-state index in [0.717, 1.165) is 13.1 Å². The zero-order chi connectivity index (χ0) is 6.04. The maximum absolute atomic E-state index is 9.31. The van der Waals surface area contributed by atoms with Crippen LogP contribution in [0.25, 0.3) is 0 Å². The number of nitrogens with zero attached hydrogens (tertiary/aromatic N) is 1. The van der Waals surface area contributed by atoms with Crippen LogP contribution in [0.5, 0.6) is 0 Å². The van der Waals surface area contributed by atoms with Crippen LogP contribution in [0, 0.1) is 0 Å². The van der Waals surface area contributed by atoms with Gasteiger partial charge in [0, 0.05) is 0 Å². The SMILES string of the molecule is C[N+]1(O)CCCCC1. The Bertz CT molecular complexity index is 72.6. The molecular weight excluding hydrogens is 102 g/mol. The van der Waals surface area contributed by atoms with E-state index in [0.29, 0.717) is 0 Å². The highest BCUT2D eigenvalue weighted by Crippen LogP contribution is 2.11. The van der Waals surface area contributed by atoms with E-state index in [2.05, 4.69) is 0 Å². The fourth-order valence-corrected chi connectivity index (χ4v) is 1.19. The third-order valence-electron chi connectivity index (χ3n) is 1.78. The summed E-state index contributed by atoms with van der Waals surface area (Å²) in [6.45, 7) is 1.89. The summed E-state index contributed by atoms with van der Waals surface area (Å²) in [4.78, 5) is 0. The molecule has 1 N–H and O–H groups in total. The van der Waals surface area contributed by atoms with Gasteiger partial charge in [0.15, 0.2) is 0 Å². The minimum absolute atomic E-state index is 0.250. The van der Waals surface area contributed by atoms with Crippen molar-refractivity contribution in [1.82, 2.24) is 0 Å². The molecule has 0 bridgehead atoms. The molecule has 0 aliphatic carbocycles. The number of hydrogen-bond donors (Lipinski definition) is 1. The largest absolute Gasteiger partial charge is 0.217 e. The van der Waals surface area contributed by atoms with Crippen molar-refractivity contribution in [2.45, 2.75) is 19.3 Å². The van der Waals surface area contributed by atoms with Gasteiger partial charge in [0.2, 0.25) is 0 Å². The fraction of sp³-hybridized carbons (Fsp3) is 1.00. The van der Waals surface area contributed by atoms with Crippen molar-refractivity contribution in [3.63, 3.8) is 0 Å². The van der Waals surface area contributed by atoms with E-state index < -0.39 is 0 Å². The molecule has 0 aromatic heterocycles. The van der Waals surface area contributed by atoms with E-state index in [1.54, 1.807) is 0 Å². The van der Waals surface area contributed by atoms with Crippen LogP contribution in [-0.2, 0) is 0 Å². The van der Waals surface area contributed by atoms with Gasteiger partial charge in [-0.05, 0) is 19.3 Å². The molecule has 2 nitrogen and oxygen atoms in total. The van der Waals surface area contributed by atoms with Crippen LogP contribution in [0.15, 0.2) is 0 Å². The highest BCUT2D eigenvalue weighted by molar-refractivity contribution is 4.45. The molecule has 2 heteroatoms. The molecule has 0 saturated carbocycles. The predicted molar refractivity (Wildman–Crippen MR) is 31.6 cm³/mol. The Morgan fingerprint density at radius 3 is 1.88 bits per heavy atom. The van der Waals surface area contributed by atoms with E-state index in [4.69, 9.17) is 0 Å². The summed E-state index contributed by atoms with van der Waals surface area (Å²) in [5, 5.41) is 9.31. The monoisotopic (exact) mass is 116 g/mol. The van der Waals surface area contributed by atoms with Gasteiger partial charge in [0.05, 0.1) is 7.05 Å². The van der Waals surface area contributed by atoms with Crippen LogP contribution < -0.4 is 0 Å². The lowest BCUT2D eigenvalue weighted by Gasteiger charge is -2.28. The molecular formula is C6H14NO+. The zero-order valence-electron chi connectivity index (χ0n) is 5.43. The summed E-state index contributed by atoms with van der Waals surface area (Å²) >= 11 is 0. The van der Waals surface area contributed by atoms with Gasteiger partial charge in [-0.2, -0.15) is 4.65 Å². The zero-order valence-corrected chi connectivity index (χ0v) is 5.43. The van der Waals surface area contributed by atoms with Crippen molar-refractivity contribution in [1.29, 1.82) is 0 Å². The van der Waals surface area contributed by atoms with Crippen molar-refractivity contribution >= 4 is 0 Å². The van der Waals surface area contributed by atoms with Crippen LogP contribution in [0.3, 0.4) is 0 Å². The van der Waals surface area contributed by atoms with Crippen LogP contribution in [0.1, 0.15) is 19.3 Å². The number of quaternary nitrogens is 1. The normalized spacial score (nSPS) is 27.8. The second kappa shape index (κ2) is 2.03. The van der Waals surface area contributed by atoms with Crippen molar-refractivity contribution in [3.05, 3.63) is 0 Å². The fourth-order valence-electron chi connectivity index (χ4n) is 1.19. The average Bonchev–Trinajstić information content (AvgIpc) is 1.65. The van der Waals surface area contributed by atoms with E-state index >= 15 is 0 Å². The molecule has 8 heavy (non-hydrogen) atoms. The highest BCUT2D eigenvalue weighted by atomic mass is 16.5. The number of piperidine rings is 1. The molecule has 1 saturated heterocycles. The Hall–Kier alpha value is -0.0800. The maximum atomic E-state index is 9.31. The Labute approximate surface area is 50.3 Å². The van der Waals surface area contributed by atoms with E-state index in [1.807, 2.05) is 7.05 Å². The summed E-state index contributed by atoms with van der Waals surface area (Å²) < 4.78 is 0.250. The Morgan fingerprint density at radius 1 is 1.12 bits per heavy atom. The molecule has 0 aromatic carbocycles. The molecule has 0 radical (unpaired) electrons. The molecule has 48 valence electrons. The standard InChI is InChI=1S/C6H14NO/c1-7(8)5-3-2-4-6-7/h8H,2-6H2,1H3/q+1. The smallest absolute Gasteiger partial charge is 0.108 e. The minimum Gasteiger partial charge on any atom is -0.217 e. The number of likely N-dealkylation sites (tertiary alicyclic amines) is 1. The average molecular weight is 116 g/mol. The summed E-state index contributed by atoms with van der Waals surface area (Å²) in [6, 6.07) is 0. The maximum Gasteiger partial charge on any atom is 0.108 e. The lowest BCUT2D eigenvalue weighted by molar-refractivity contribution is -1.09. The van der Waals surface area contributed by atoms with Gasteiger partial charge >= 0.3 is 0 Å². The van der Waals surface area contributed by atoms with Crippen LogP contribution in [0.4, 0.5) is 0 Å². The predicted octanol–water partition coefficient (Wildman–Crippen LogP) is 1.01. The quantitative estimate of drug-likeness (QED) is 0.468. The number of hydrogen-bond acceptors (Lipinski definition) is 1. The van der Waals surface area contributed by atoms with Gasteiger partial charge < -0.3 is 0 Å². The summed E-state index contributed by atoms with van der Waals surface area (Å²) in [5.74, 6) is 0. The molecule has 1 fully saturated rings. The summed E-state index contributed by atoms with van der Waals surface area (Å²) in [7, 11) is 1.87. The Balaban J connectivity index is 2.33. The molecule has 0 atom stereocenters. The minimum atomic E-state index is 0.250. The van der Waals surface area contributed by atoms with Crippen LogP contribution in [0.2, 0.25) is 0 Å². The van der Waals surface area contributed by atoms with Gasteiger partial charge in [-0.3, -0.25) is 0 Å². The second-order valence-corrected chi connectivity index (χ2v) is 2.85. The van der Waals surface area contributed by atoms with Crippen molar-refractivity contribution in [2.24, 2.45) is 0 Å². The number of hydroxylamine groups is 3. The third kappa shape index (κ3) is 1.46. The summed E-state index contributed by atoms with van der Waals surface area (Å²) in [5.41, 5.74) is 0. The van der Waals surface area contributed by atoms with Gasteiger partial charge in [0.1, 0.15) is 13.1 Å². The molecule has 1 rings (SSSR count). The van der Waals surface area contributed by atoms with Crippen molar-refractivity contribution < 1.29 is 9.85 Å². The van der Waals surface area contributed by atoms with Gasteiger partial charge in [-0.15, -0.1) is 0 Å². The topological polar surface area (TPSA) is 20.2 Å². The summed E-state index contributed by atoms with van der Waals surface area (Å²) in [6.07, 6.45) is 3.68. The molecule has 0 unspecified atom stereocenters. The van der Waals surface area contributed by atoms with E-state index in [-0.39, 0.29) is 4.65 Å². The van der Waals surface area contributed by atoms with Crippen LogP contribution >= 0.6 is 0 Å². The first-order chi connectivity index (χ1) is 3.71. The number of rotatable bonds is 0. The molecule has 1 aliphatic rings. The second-order valence-electron chi connectivity index (χ2n) is 2.85. The first kappa shape index (κ1) is 6.05. The first-order valence-electron chi connectivity index (χ1n) is 3.28. The van der Waals surface area contributed by atoms with Gasteiger partial charge in [0.25, 0.3) is 0 Å². The van der Waals surface area contributed by atoms with Crippen LogP contribution in [-0.4, -0.2) is 30.0 Å². The molecule has 0 amide bonds. The Kier molecular flexibility index (Phi) is 1.54. The molecule has 1 heterocycles. The first-order valence-corrected chi connectivity index (χ1v) is 3.28. The van der Waals surface area contributed by atoms with Crippen molar-refractivity contribution in [2.75, 3.05) is 20.1 Å². The van der Waals surface area contributed by atoms with E-state index in [1.165, 1.54) is 19.3 Å². The molecule has 0 aromatic rings. The van der Waals surface area contributed by atoms with Gasteiger partial charge in [-0.25, -0.2) is 5.21 Å². The molecule has 1 aliphatic heterocycles. The highest BCUT2D eigenvalue weighted by Gasteiger charge is 2.21.